The van der Waals surface area contributed by atoms with E-state index in [0.717, 1.165) is 19.4 Å². The van der Waals surface area contributed by atoms with Gasteiger partial charge in [0.25, 0.3) is 0 Å². The molecule has 3 rings (SSSR count). The predicted octanol–water partition coefficient (Wildman–Crippen LogP) is 1.86. The maximum atomic E-state index is 13.0. The first-order valence-corrected chi connectivity index (χ1v) is 9.96. The molecule has 6 nitrogen and oxygen atoms in total. The SMILES string of the molecule is COc1ccc(OC)c(S(=O)(=O)N2CCC(C3CCCN3)CC2)c1. The van der Waals surface area contributed by atoms with Crippen LogP contribution < -0.4 is 14.8 Å². The zero-order valence-electron chi connectivity index (χ0n) is 14.3. The highest BCUT2D eigenvalue weighted by atomic mass is 32.2. The number of hydrogen-bond donors (Lipinski definition) is 1. The monoisotopic (exact) mass is 354 g/mol. The number of sulfonamides is 1. The van der Waals surface area contributed by atoms with Crippen molar-refractivity contribution in [3.8, 4) is 11.5 Å². The van der Waals surface area contributed by atoms with E-state index in [9.17, 15) is 8.42 Å². The van der Waals surface area contributed by atoms with Crippen LogP contribution in [0, 0.1) is 5.92 Å². The van der Waals surface area contributed by atoms with Crippen LogP contribution >= 0.6 is 0 Å². The van der Waals surface area contributed by atoms with Crippen molar-refractivity contribution < 1.29 is 17.9 Å². The van der Waals surface area contributed by atoms with Gasteiger partial charge in [-0.1, -0.05) is 0 Å². The largest absolute Gasteiger partial charge is 0.497 e. The summed E-state index contributed by atoms with van der Waals surface area (Å²) in [6.45, 7) is 2.21. The molecule has 2 saturated heterocycles. The van der Waals surface area contributed by atoms with Crippen molar-refractivity contribution in [3.63, 3.8) is 0 Å². The standard InChI is InChI=1S/C17H26N2O4S/c1-22-14-5-6-16(23-2)17(12-14)24(20,21)19-10-7-13(8-11-19)15-4-3-9-18-15/h5-6,12-13,15,18H,3-4,7-11H2,1-2H3. The minimum atomic E-state index is -3.58. The highest BCUT2D eigenvalue weighted by molar-refractivity contribution is 7.89. The molecule has 2 aliphatic heterocycles. The molecule has 0 amide bonds. The van der Waals surface area contributed by atoms with Gasteiger partial charge in [-0.05, 0) is 50.3 Å². The van der Waals surface area contributed by atoms with Gasteiger partial charge in [0, 0.05) is 25.2 Å². The molecule has 1 atom stereocenters. The van der Waals surface area contributed by atoms with Crippen LogP contribution in [-0.2, 0) is 10.0 Å². The number of benzene rings is 1. The molecule has 1 aromatic carbocycles. The van der Waals surface area contributed by atoms with E-state index in [1.54, 1.807) is 22.5 Å². The zero-order chi connectivity index (χ0) is 17.2. The van der Waals surface area contributed by atoms with Gasteiger partial charge in [0.05, 0.1) is 14.2 Å². The summed E-state index contributed by atoms with van der Waals surface area (Å²) in [5.74, 6) is 1.45. The number of hydrogen-bond acceptors (Lipinski definition) is 5. The second-order valence-corrected chi connectivity index (χ2v) is 8.37. The summed E-state index contributed by atoms with van der Waals surface area (Å²) >= 11 is 0. The Morgan fingerprint density at radius 3 is 2.46 bits per heavy atom. The van der Waals surface area contributed by atoms with E-state index in [0.29, 0.717) is 36.5 Å². The van der Waals surface area contributed by atoms with E-state index in [-0.39, 0.29) is 4.90 Å². The Kier molecular flexibility index (Phi) is 5.32. The van der Waals surface area contributed by atoms with E-state index in [1.165, 1.54) is 27.1 Å². The van der Waals surface area contributed by atoms with Gasteiger partial charge in [0.1, 0.15) is 16.4 Å². The molecule has 1 unspecified atom stereocenters. The van der Waals surface area contributed by atoms with Crippen molar-refractivity contribution in [1.29, 1.82) is 0 Å². The molecular formula is C17H26N2O4S. The highest BCUT2D eigenvalue weighted by Gasteiger charge is 2.34. The molecule has 7 heteroatoms. The highest BCUT2D eigenvalue weighted by Crippen LogP contribution is 2.33. The van der Waals surface area contributed by atoms with E-state index < -0.39 is 10.0 Å². The number of nitrogens with one attached hydrogen (secondary N) is 1. The lowest BCUT2D eigenvalue weighted by Gasteiger charge is -2.34. The van der Waals surface area contributed by atoms with Crippen LogP contribution in [0.25, 0.3) is 0 Å². The third-order valence-electron chi connectivity index (χ3n) is 5.15. The Morgan fingerprint density at radius 2 is 1.88 bits per heavy atom. The van der Waals surface area contributed by atoms with Crippen molar-refractivity contribution in [3.05, 3.63) is 18.2 Å². The van der Waals surface area contributed by atoms with Gasteiger partial charge in [-0.2, -0.15) is 4.31 Å². The fourth-order valence-electron chi connectivity index (χ4n) is 3.76. The van der Waals surface area contributed by atoms with Gasteiger partial charge >= 0.3 is 0 Å². The quantitative estimate of drug-likeness (QED) is 0.874. The molecule has 2 fully saturated rings. The number of rotatable bonds is 5. The third kappa shape index (κ3) is 3.38. The van der Waals surface area contributed by atoms with Crippen LogP contribution in [0.5, 0.6) is 11.5 Å². The Balaban J connectivity index is 1.76. The molecule has 0 bridgehead atoms. The molecule has 134 valence electrons. The van der Waals surface area contributed by atoms with Crippen molar-refractivity contribution in [1.82, 2.24) is 9.62 Å². The Morgan fingerprint density at radius 1 is 1.12 bits per heavy atom. The van der Waals surface area contributed by atoms with Crippen molar-refractivity contribution in [2.45, 2.75) is 36.6 Å². The van der Waals surface area contributed by atoms with E-state index in [1.807, 2.05) is 0 Å². The summed E-state index contributed by atoms with van der Waals surface area (Å²) in [6.07, 6.45) is 4.25. The summed E-state index contributed by atoms with van der Waals surface area (Å²) in [5, 5.41) is 3.54. The number of piperidine rings is 1. The average molecular weight is 354 g/mol. The van der Waals surface area contributed by atoms with Crippen molar-refractivity contribution >= 4 is 10.0 Å². The first-order chi connectivity index (χ1) is 11.6. The fraction of sp³-hybridized carbons (Fsp3) is 0.647. The molecule has 0 saturated carbocycles. The minimum Gasteiger partial charge on any atom is -0.497 e. The molecule has 0 radical (unpaired) electrons. The summed E-state index contributed by atoms with van der Waals surface area (Å²) in [7, 11) is -0.565. The maximum Gasteiger partial charge on any atom is 0.246 e. The second-order valence-electron chi connectivity index (χ2n) is 6.46. The first kappa shape index (κ1) is 17.5. The van der Waals surface area contributed by atoms with Gasteiger partial charge in [-0.25, -0.2) is 8.42 Å². The van der Waals surface area contributed by atoms with Gasteiger partial charge in [0.2, 0.25) is 10.0 Å². The van der Waals surface area contributed by atoms with Gasteiger partial charge in [0.15, 0.2) is 0 Å². The average Bonchev–Trinajstić information content (AvgIpc) is 3.16. The summed E-state index contributed by atoms with van der Waals surface area (Å²) in [6, 6.07) is 5.44. The summed E-state index contributed by atoms with van der Waals surface area (Å²) in [5.41, 5.74) is 0. The molecule has 1 N–H and O–H groups in total. The van der Waals surface area contributed by atoms with Crippen molar-refractivity contribution in [2.24, 2.45) is 5.92 Å². The van der Waals surface area contributed by atoms with Crippen LogP contribution in [0.4, 0.5) is 0 Å². The predicted molar refractivity (Wildman–Crippen MR) is 92.1 cm³/mol. The topological polar surface area (TPSA) is 67.9 Å². The molecule has 2 aliphatic rings. The minimum absolute atomic E-state index is 0.182. The fourth-order valence-corrected chi connectivity index (χ4v) is 5.40. The van der Waals surface area contributed by atoms with Crippen LogP contribution in [0.1, 0.15) is 25.7 Å². The molecule has 2 heterocycles. The van der Waals surface area contributed by atoms with Gasteiger partial charge < -0.3 is 14.8 Å². The van der Waals surface area contributed by atoms with Crippen LogP contribution in [0.2, 0.25) is 0 Å². The Bertz CT molecular complexity index is 663. The van der Waals surface area contributed by atoms with Gasteiger partial charge in [-0.3, -0.25) is 0 Å². The maximum absolute atomic E-state index is 13.0. The molecule has 0 aliphatic carbocycles. The molecule has 1 aromatic rings. The Hall–Kier alpha value is -1.31. The molecule has 24 heavy (non-hydrogen) atoms. The molecule has 0 aromatic heterocycles. The lowest BCUT2D eigenvalue weighted by molar-refractivity contribution is 0.233. The third-order valence-corrected chi connectivity index (χ3v) is 7.07. The zero-order valence-corrected chi connectivity index (χ0v) is 15.1. The van der Waals surface area contributed by atoms with E-state index in [2.05, 4.69) is 5.32 Å². The number of ether oxygens (including phenoxy) is 2. The summed E-state index contributed by atoms with van der Waals surface area (Å²) < 4.78 is 38.1. The normalized spacial score (nSPS) is 23.3. The van der Waals surface area contributed by atoms with E-state index >= 15 is 0 Å². The lowest BCUT2D eigenvalue weighted by Crippen LogP contribution is -2.43. The lowest BCUT2D eigenvalue weighted by atomic mass is 9.89. The Labute approximate surface area is 144 Å². The van der Waals surface area contributed by atoms with Crippen LogP contribution in [0.3, 0.4) is 0 Å². The first-order valence-electron chi connectivity index (χ1n) is 8.52. The summed E-state index contributed by atoms with van der Waals surface area (Å²) in [4.78, 5) is 0.182. The van der Waals surface area contributed by atoms with E-state index in [4.69, 9.17) is 9.47 Å². The number of methoxy groups -OCH3 is 2. The molecular weight excluding hydrogens is 328 g/mol. The van der Waals surface area contributed by atoms with Crippen molar-refractivity contribution in [2.75, 3.05) is 33.9 Å². The second kappa shape index (κ2) is 7.29. The van der Waals surface area contributed by atoms with Crippen LogP contribution in [0.15, 0.2) is 23.1 Å². The number of nitrogens with zero attached hydrogens (tertiary/aromatic N) is 1. The molecule has 0 spiro atoms. The van der Waals surface area contributed by atoms with Gasteiger partial charge in [-0.15, -0.1) is 0 Å². The van der Waals surface area contributed by atoms with Crippen LogP contribution in [-0.4, -0.2) is 52.6 Å². The smallest absolute Gasteiger partial charge is 0.246 e.